The highest BCUT2D eigenvalue weighted by Gasteiger charge is 2.33. The van der Waals surface area contributed by atoms with Crippen molar-refractivity contribution in [1.29, 1.82) is 0 Å². The van der Waals surface area contributed by atoms with Gasteiger partial charge in [0.1, 0.15) is 12.1 Å². The van der Waals surface area contributed by atoms with E-state index in [0.717, 1.165) is 6.42 Å². The summed E-state index contributed by atoms with van der Waals surface area (Å²) in [7, 11) is 0. The molecular formula is C14H27N3O5. The smallest absolute Gasteiger partial charge is 0.326 e. The minimum absolute atomic E-state index is 0.0208. The highest BCUT2D eigenvalue weighted by atomic mass is 16.4. The molecule has 0 spiro atoms. The van der Waals surface area contributed by atoms with Gasteiger partial charge in [0.2, 0.25) is 0 Å². The van der Waals surface area contributed by atoms with Crippen molar-refractivity contribution in [3.63, 3.8) is 0 Å². The number of rotatable bonds is 5. The van der Waals surface area contributed by atoms with Crippen molar-refractivity contribution in [2.24, 2.45) is 17.6 Å². The van der Waals surface area contributed by atoms with Gasteiger partial charge in [-0.1, -0.05) is 27.7 Å². The fourth-order valence-electron chi connectivity index (χ4n) is 1.98. The molecule has 8 heteroatoms. The number of hydrogen-bond donors (Lipinski definition) is 4. The highest BCUT2D eigenvalue weighted by molar-refractivity contribution is 5.83. The second kappa shape index (κ2) is 9.24. The Labute approximate surface area is 130 Å². The predicted octanol–water partition coefficient (Wildman–Crippen LogP) is 0.565. The molecule has 0 aliphatic carbocycles. The van der Waals surface area contributed by atoms with E-state index in [1.165, 1.54) is 4.90 Å². The van der Waals surface area contributed by atoms with Crippen LogP contribution >= 0.6 is 0 Å². The first-order valence-electron chi connectivity index (χ1n) is 7.35. The van der Waals surface area contributed by atoms with Gasteiger partial charge in [0, 0.05) is 13.1 Å². The number of nitrogens with zero attached hydrogens (tertiary/aromatic N) is 1. The summed E-state index contributed by atoms with van der Waals surface area (Å²) in [6.45, 7) is 8.33. The van der Waals surface area contributed by atoms with Crippen LogP contribution in [0.4, 0.5) is 4.79 Å². The summed E-state index contributed by atoms with van der Waals surface area (Å²) in [5, 5.41) is 19.9. The van der Waals surface area contributed by atoms with E-state index in [-0.39, 0.29) is 17.9 Å². The van der Waals surface area contributed by atoms with E-state index in [1.54, 1.807) is 27.7 Å². The Kier molecular flexibility index (Phi) is 8.47. The van der Waals surface area contributed by atoms with E-state index < -0.39 is 24.0 Å². The third kappa shape index (κ3) is 6.30. The van der Waals surface area contributed by atoms with Crippen molar-refractivity contribution in [1.82, 2.24) is 10.2 Å². The maximum atomic E-state index is 11.4. The number of carbonyl (C=O) groups is 3. The number of carboxylic acids is 2. The first kappa shape index (κ1) is 20.2. The zero-order chi connectivity index (χ0) is 17.4. The van der Waals surface area contributed by atoms with Crippen LogP contribution in [0, 0.1) is 11.8 Å². The second-order valence-corrected chi connectivity index (χ2v) is 5.91. The molecule has 0 aromatic carbocycles. The summed E-state index contributed by atoms with van der Waals surface area (Å²) in [6, 6.07) is -1.69. The molecular weight excluding hydrogens is 290 g/mol. The summed E-state index contributed by atoms with van der Waals surface area (Å²) < 4.78 is 0. The van der Waals surface area contributed by atoms with Gasteiger partial charge in [-0.3, -0.25) is 4.79 Å². The van der Waals surface area contributed by atoms with Crippen LogP contribution in [-0.2, 0) is 9.59 Å². The van der Waals surface area contributed by atoms with Crippen molar-refractivity contribution in [2.75, 3.05) is 13.1 Å². The zero-order valence-electron chi connectivity index (χ0n) is 13.6. The average molecular weight is 317 g/mol. The molecule has 0 saturated carbocycles. The van der Waals surface area contributed by atoms with E-state index in [2.05, 4.69) is 5.32 Å². The molecule has 0 aromatic heterocycles. The Hall–Kier alpha value is -1.83. The Balaban J connectivity index is 0.000000472. The molecule has 0 bridgehead atoms. The van der Waals surface area contributed by atoms with Crippen molar-refractivity contribution in [2.45, 2.75) is 46.2 Å². The number of nitrogens with one attached hydrogen (secondary N) is 1. The maximum Gasteiger partial charge on any atom is 0.326 e. The lowest BCUT2D eigenvalue weighted by Gasteiger charge is -2.34. The zero-order valence-corrected chi connectivity index (χ0v) is 13.6. The third-order valence-electron chi connectivity index (χ3n) is 3.34. The first-order valence-corrected chi connectivity index (χ1v) is 7.35. The monoisotopic (exact) mass is 317 g/mol. The Morgan fingerprint density at radius 2 is 1.68 bits per heavy atom. The lowest BCUT2D eigenvalue weighted by molar-refractivity contribution is -0.144. The largest absolute Gasteiger partial charge is 0.480 e. The summed E-state index contributed by atoms with van der Waals surface area (Å²) >= 11 is 0. The standard InChI is InChI=1S/C9H16N2O3.C5H11NO2/c1-6(2)7(8(12)13)11-5-3-4-10-9(11)14;1-3(2)4(6)5(7)8/h6-7H,3-5H2,1-2H3,(H,10,14)(H,12,13);3-4H,6H2,1-2H3,(H,7,8). The summed E-state index contributed by atoms with van der Waals surface area (Å²) in [4.78, 5) is 33.8. The molecule has 1 rings (SSSR count). The topological polar surface area (TPSA) is 133 Å². The molecule has 0 aromatic rings. The van der Waals surface area contributed by atoms with Crippen LogP contribution in [0.2, 0.25) is 0 Å². The van der Waals surface area contributed by atoms with E-state index in [0.29, 0.717) is 13.1 Å². The molecule has 22 heavy (non-hydrogen) atoms. The van der Waals surface area contributed by atoms with Gasteiger partial charge < -0.3 is 26.2 Å². The van der Waals surface area contributed by atoms with E-state index >= 15 is 0 Å². The fraction of sp³-hybridized carbons (Fsp3) is 0.786. The fourth-order valence-corrected chi connectivity index (χ4v) is 1.98. The lowest BCUT2D eigenvalue weighted by Crippen LogP contribution is -2.55. The van der Waals surface area contributed by atoms with Gasteiger partial charge in [-0.05, 0) is 18.3 Å². The van der Waals surface area contributed by atoms with Crippen LogP contribution in [-0.4, -0.2) is 58.3 Å². The van der Waals surface area contributed by atoms with Crippen LogP contribution in [0.15, 0.2) is 0 Å². The predicted molar refractivity (Wildman–Crippen MR) is 81.4 cm³/mol. The van der Waals surface area contributed by atoms with Crippen LogP contribution in [0.1, 0.15) is 34.1 Å². The van der Waals surface area contributed by atoms with Gasteiger partial charge in [0.05, 0.1) is 0 Å². The average Bonchev–Trinajstić information content (AvgIpc) is 2.40. The van der Waals surface area contributed by atoms with Crippen LogP contribution < -0.4 is 11.1 Å². The summed E-state index contributed by atoms with van der Waals surface area (Å²) in [6.07, 6.45) is 0.808. The summed E-state index contributed by atoms with van der Waals surface area (Å²) in [5.41, 5.74) is 5.16. The van der Waals surface area contributed by atoms with Crippen molar-refractivity contribution < 1.29 is 24.6 Å². The van der Waals surface area contributed by atoms with Gasteiger partial charge in [0.15, 0.2) is 0 Å². The molecule has 128 valence electrons. The Bertz CT molecular complexity index is 398. The maximum absolute atomic E-state index is 11.4. The normalized spacial score (nSPS) is 17.4. The Morgan fingerprint density at radius 1 is 1.14 bits per heavy atom. The summed E-state index contributed by atoms with van der Waals surface area (Å²) in [5.74, 6) is -1.92. The third-order valence-corrected chi connectivity index (χ3v) is 3.34. The van der Waals surface area contributed by atoms with Gasteiger partial charge >= 0.3 is 18.0 Å². The molecule has 1 saturated heterocycles. The highest BCUT2D eigenvalue weighted by Crippen LogP contribution is 2.14. The molecule has 5 N–H and O–H groups in total. The number of carbonyl (C=O) groups excluding carboxylic acids is 1. The van der Waals surface area contributed by atoms with Crippen LogP contribution in [0.25, 0.3) is 0 Å². The molecule has 1 aliphatic rings. The van der Waals surface area contributed by atoms with Gasteiger partial charge in [-0.15, -0.1) is 0 Å². The molecule has 0 radical (unpaired) electrons. The molecule has 8 nitrogen and oxygen atoms in total. The molecule has 1 fully saturated rings. The first-order chi connectivity index (χ1) is 10.1. The van der Waals surface area contributed by atoms with Crippen molar-refractivity contribution in [3.05, 3.63) is 0 Å². The van der Waals surface area contributed by atoms with Gasteiger partial charge in [-0.25, -0.2) is 9.59 Å². The molecule has 2 atom stereocenters. The van der Waals surface area contributed by atoms with Gasteiger partial charge in [0.25, 0.3) is 0 Å². The number of urea groups is 1. The Morgan fingerprint density at radius 3 is 1.95 bits per heavy atom. The van der Waals surface area contributed by atoms with E-state index in [9.17, 15) is 14.4 Å². The van der Waals surface area contributed by atoms with Gasteiger partial charge in [-0.2, -0.15) is 0 Å². The molecule has 1 heterocycles. The van der Waals surface area contributed by atoms with Crippen LogP contribution in [0.5, 0.6) is 0 Å². The second-order valence-electron chi connectivity index (χ2n) is 5.91. The minimum Gasteiger partial charge on any atom is -0.480 e. The quantitative estimate of drug-likeness (QED) is 0.585. The number of hydrogen-bond acceptors (Lipinski definition) is 4. The molecule has 2 amide bonds. The van der Waals surface area contributed by atoms with Crippen molar-refractivity contribution >= 4 is 18.0 Å². The number of amides is 2. The van der Waals surface area contributed by atoms with E-state index in [1.807, 2.05) is 0 Å². The number of aliphatic carboxylic acids is 2. The lowest BCUT2D eigenvalue weighted by atomic mass is 10.0. The van der Waals surface area contributed by atoms with Crippen molar-refractivity contribution in [3.8, 4) is 0 Å². The minimum atomic E-state index is -0.933. The molecule has 1 aliphatic heterocycles. The number of nitrogens with two attached hydrogens (primary N) is 1. The molecule has 2 unspecified atom stereocenters. The van der Waals surface area contributed by atoms with Crippen LogP contribution in [0.3, 0.4) is 0 Å². The van der Waals surface area contributed by atoms with E-state index in [4.69, 9.17) is 15.9 Å². The number of carboxylic acid groups (broad SMARTS) is 2. The SMILES string of the molecule is CC(C)C(C(=O)O)N1CCCNC1=O.CC(C)C(N)C(=O)O.